The van der Waals surface area contributed by atoms with Crippen molar-refractivity contribution in [1.82, 2.24) is 27.0 Å². The largest absolute Gasteiger partial charge is 0.322 e. The van der Waals surface area contributed by atoms with Gasteiger partial charge in [-0.25, -0.2) is 0 Å². The molecule has 2 aromatic rings. The van der Waals surface area contributed by atoms with E-state index in [-0.39, 0.29) is 5.15 Å². The van der Waals surface area contributed by atoms with Crippen molar-refractivity contribution in [3.8, 4) is 0 Å². The molecule has 0 radical (unpaired) electrons. The third-order valence-corrected chi connectivity index (χ3v) is 5.82. The van der Waals surface area contributed by atoms with Gasteiger partial charge in [0.15, 0.2) is 5.15 Å². The Labute approximate surface area is 140 Å². The van der Waals surface area contributed by atoms with Gasteiger partial charge in [-0.05, 0) is 12.1 Å². The van der Waals surface area contributed by atoms with Gasteiger partial charge in [-0.3, -0.25) is 0 Å². The van der Waals surface area contributed by atoms with Gasteiger partial charge in [0.2, 0.25) is 0 Å². The van der Waals surface area contributed by atoms with Gasteiger partial charge in [0, 0.05) is 40.6 Å². The molecule has 0 unspecified atom stereocenters. The molecular formula is C10H17ClN6O4S2. The maximum atomic E-state index is 11.3. The molecule has 0 aliphatic heterocycles. The van der Waals surface area contributed by atoms with Crippen LogP contribution in [0, 0.1) is 0 Å². The van der Waals surface area contributed by atoms with Gasteiger partial charge in [0.25, 0.3) is 0 Å². The first-order valence-corrected chi connectivity index (χ1v) is 9.23. The predicted molar refractivity (Wildman–Crippen MR) is 85.5 cm³/mol. The lowest BCUT2D eigenvalue weighted by Crippen LogP contribution is -2.29. The summed E-state index contributed by atoms with van der Waals surface area (Å²) in [4.78, 5) is 0. The molecule has 2 heterocycles. The van der Waals surface area contributed by atoms with Crippen molar-refractivity contribution in [2.24, 2.45) is 0 Å². The minimum absolute atomic E-state index is 0.153. The minimum atomic E-state index is -3.50. The van der Waals surface area contributed by atoms with E-state index in [0.29, 0.717) is 0 Å². The molecule has 0 saturated heterocycles. The lowest BCUT2D eigenvalue weighted by Gasteiger charge is -2.09. The van der Waals surface area contributed by atoms with E-state index in [4.69, 9.17) is 11.6 Å². The normalized spacial score (nSPS) is 12.3. The highest BCUT2D eigenvalue weighted by Gasteiger charge is 2.16. The molecule has 13 heteroatoms. The van der Waals surface area contributed by atoms with Crippen LogP contribution in [0.3, 0.4) is 0 Å². The topological polar surface area (TPSA) is 110 Å². The molecule has 0 spiro atoms. The van der Waals surface area contributed by atoms with E-state index >= 15 is 0 Å². The first-order chi connectivity index (χ1) is 10.5. The van der Waals surface area contributed by atoms with Gasteiger partial charge >= 0.3 is 20.4 Å². The summed E-state index contributed by atoms with van der Waals surface area (Å²) in [5.74, 6) is 0. The van der Waals surface area contributed by atoms with Crippen LogP contribution >= 0.6 is 11.6 Å². The SMILES string of the molecule is CN(C)S(=O)(=O)n1ccc(Cl)n1.CN(C)S(=O)(=O)n1cccn1. The zero-order valence-corrected chi connectivity index (χ0v) is 15.3. The van der Waals surface area contributed by atoms with Gasteiger partial charge in [0.1, 0.15) is 0 Å². The van der Waals surface area contributed by atoms with Crippen molar-refractivity contribution in [1.29, 1.82) is 0 Å². The molecule has 0 bridgehead atoms. The molecule has 0 aliphatic rings. The van der Waals surface area contributed by atoms with Crippen molar-refractivity contribution in [2.75, 3.05) is 28.2 Å². The van der Waals surface area contributed by atoms with Crippen LogP contribution in [0.2, 0.25) is 5.15 Å². The Balaban J connectivity index is 0.000000231. The van der Waals surface area contributed by atoms with Gasteiger partial charge in [-0.15, -0.1) is 5.10 Å². The van der Waals surface area contributed by atoms with Crippen molar-refractivity contribution >= 4 is 32.0 Å². The van der Waals surface area contributed by atoms with Crippen molar-refractivity contribution < 1.29 is 16.8 Å². The van der Waals surface area contributed by atoms with Crippen LogP contribution in [0.5, 0.6) is 0 Å². The van der Waals surface area contributed by atoms with E-state index in [1.54, 1.807) is 6.07 Å². The highest BCUT2D eigenvalue weighted by atomic mass is 35.5. The van der Waals surface area contributed by atoms with E-state index < -0.39 is 20.4 Å². The molecule has 23 heavy (non-hydrogen) atoms. The second-order valence-corrected chi connectivity index (χ2v) is 8.86. The highest BCUT2D eigenvalue weighted by molar-refractivity contribution is 7.87. The maximum absolute atomic E-state index is 11.3. The summed E-state index contributed by atoms with van der Waals surface area (Å²) in [7, 11) is -1.14. The molecule has 0 N–H and O–H groups in total. The predicted octanol–water partition coefficient (Wildman–Crippen LogP) is -0.271. The van der Waals surface area contributed by atoms with E-state index in [0.717, 1.165) is 16.8 Å². The molecule has 2 rings (SSSR count). The second-order valence-electron chi connectivity index (χ2n) is 4.47. The summed E-state index contributed by atoms with van der Waals surface area (Å²) < 4.78 is 48.9. The summed E-state index contributed by atoms with van der Waals surface area (Å²) in [6, 6.07) is 2.96. The minimum Gasteiger partial charge on any atom is -0.189 e. The summed E-state index contributed by atoms with van der Waals surface area (Å²) >= 11 is 5.46. The van der Waals surface area contributed by atoms with E-state index in [1.807, 2.05) is 0 Å². The smallest absolute Gasteiger partial charge is 0.189 e. The van der Waals surface area contributed by atoms with Gasteiger partial charge < -0.3 is 0 Å². The fourth-order valence-electron chi connectivity index (χ4n) is 1.14. The standard InChI is InChI=1S/C5H8ClN3O2S.C5H9N3O2S/c1-8(2)12(10,11)9-4-3-5(6)7-9;1-7(2)11(9,10)8-5-3-4-6-8/h3-4H,1-2H3;3-5H,1-2H3. The molecule has 130 valence electrons. The lowest BCUT2D eigenvalue weighted by molar-refractivity contribution is 0.503. The molecule has 0 aromatic carbocycles. The first kappa shape index (κ1) is 19.6. The van der Waals surface area contributed by atoms with Crippen molar-refractivity contribution in [3.63, 3.8) is 0 Å². The fourth-order valence-corrected chi connectivity index (χ4v) is 2.80. The molecular weight excluding hydrogens is 368 g/mol. The van der Waals surface area contributed by atoms with E-state index in [1.165, 1.54) is 52.8 Å². The zero-order valence-electron chi connectivity index (χ0n) is 12.9. The van der Waals surface area contributed by atoms with Crippen LogP contribution in [0.1, 0.15) is 0 Å². The van der Waals surface area contributed by atoms with Crippen LogP contribution in [0.25, 0.3) is 0 Å². The third kappa shape index (κ3) is 4.75. The van der Waals surface area contributed by atoms with Gasteiger partial charge in [-0.1, -0.05) is 11.6 Å². The summed E-state index contributed by atoms with van der Waals surface area (Å²) in [6.45, 7) is 0. The number of halogens is 1. The Hall–Kier alpha value is -1.47. The van der Waals surface area contributed by atoms with Gasteiger partial charge in [0.05, 0.1) is 6.20 Å². The molecule has 0 aliphatic carbocycles. The van der Waals surface area contributed by atoms with E-state index in [2.05, 4.69) is 10.2 Å². The lowest BCUT2D eigenvalue weighted by atomic mass is 10.8. The molecule has 0 atom stereocenters. The Morgan fingerprint density at radius 1 is 0.957 bits per heavy atom. The Bertz CT molecular complexity index is 827. The van der Waals surface area contributed by atoms with Gasteiger partial charge in [-0.2, -0.15) is 38.7 Å². The molecule has 2 aromatic heterocycles. The maximum Gasteiger partial charge on any atom is 0.322 e. The van der Waals surface area contributed by atoms with Crippen LogP contribution in [-0.2, 0) is 20.4 Å². The Morgan fingerprint density at radius 2 is 1.48 bits per heavy atom. The summed E-state index contributed by atoms with van der Waals surface area (Å²) in [6.07, 6.45) is 4.09. The number of hydrogen-bond donors (Lipinski definition) is 0. The summed E-state index contributed by atoms with van der Waals surface area (Å²) in [5, 5.41) is 7.31. The molecule has 0 amide bonds. The first-order valence-electron chi connectivity index (χ1n) is 6.06. The average molecular weight is 385 g/mol. The highest BCUT2D eigenvalue weighted by Crippen LogP contribution is 2.06. The fraction of sp³-hybridized carbons (Fsp3) is 0.400. The molecule has 0 fully saturated rings. The number of rotatable bonds is 4. The van der Waals surface area contributed by atoms with Crippen LogP contribution in [-0.4, -0.2) is 72.0 Å². The molecule has 10 nitrogen and oxygen atoms in total. The zero-order chi connectivity index (χ0) is 17.8. The number of hydrogen-bond acceptors (Lipinski definition) is 6. The van der Waals surface area contributed by atoms with Crippen LogP contribution < -0.4 is 0 Å². The average Bonchev–Trinajstić information content (AvgIpc) is 3.10. The van der Waals surface area contributed by atoms with Crippen LogP contribution in [0.15, 0.2) is 30.7 Å². The molecule has 0 saturated carbocycles. The van der Waals surface area contributed by atoms with Crippen molar-refractivity contribution in [2.45, 2.75) is 0 Å². The monoisotopic (exact) mass is 384 g/mol. The second kappa shape index (κ2) is 7.40. The summed E-state index contributed by atoms with van der Waals surface area (Å²) in [5.41, 5.74) is 0. The van der Waals surface area contributed by atoms with Crippen LogP contribution in [0.4, 0.5) is 0 Å². The number of nitrogens with zero attached hydrogens (tertiary/aromatic N) is 6. The quantitative estimate of drug-likeness (QED) is 0.717. The van der Waals surface area contributed by atoms with Crippen molar-refractivity contribution in [3.05, 3.63) is 35.9 Å². The van der Waals surface area contributed by atoms with E-state index in [9.17, 15) is 16.8 Å². The number of aromatic nitrogens is 4. The Morgan fingerprint density at radius 3 is 1.83 bits per heavy atom. The third-order valence-electron chi connectivity index (χ3n) is 2.41. The Kier molecular flexibility index (Phi) is 6.30.